The molecule has 0 radical (unpaired) electrons. The van der Waals surface area contributed by atoms with E-state index < -0.39 is 54.3 Å². The van der Waals surface area contributed by atoms with Crippen LogP contribution in [0.5, 0.6) is 11.5 Å². The number of phenolic OH excluding ortho intramolecular Hbond substituents is 2. The van der Waals surface area contributed by atoms with Gasteiger partial charge in [-0.2, -0.15) is 0 Å². The SMILES string of the molecule is CCCCCCCC(=O)NCCC(=O)NC(CCCCN)C(=O)N(C)C1C(=O)NCC(=O)NC(C(=O)O)Cc2ccc(O)c(c2)-c2cc1ccc2O. The highest BCUT2D eigenvalue weighted by atomic mass is 16.4. The van der Waals surface area contributed by atoms with E-state index in [1.54, 1.807) is 0 Å². The minimum atomic E-state index is -1.39. The lowest BCUT2D eigenvalue weighted by Gasteiger charge is -2.32. The van der Waals surface area contributed by atoms with Crippen molar-refractivity contribution in [2.45, 2.75) is 95.7 Å². The molecule has 0 aromatic heterocycles. The van der Waals surface area contributed by atoms with Gasteiger partial charge < -0.3 is 47.2 Å². The molecular formula is C37H52N6O9. The first-order valence-electron chi connectivity index (χ1n) is 17.8. The minimum absolute atomic E-state index is 0.0772. The summed E-state index contributed by atoms with van der Waals surface area (Å²) >= 11 is 0. The summed E-state index contributed by atoms with van der Waals surface area (Å²) in [6.07, 6.45) is 6.41. The second-order valence-corrected chi connectivity index (χ2v) is 13.0. The van der Waals surface area contributed by atoms with Crippen molar-refractivity contribution in [3.05, 3.63) is 47.5 Å². The summed E-state index contributed by atoms with van der Waals surface area (Å²) in [4.78, 5) is 79.0. The Balaban J connectivity index is 1.88. The smallest absolute Gasteiger partial charge is 0.326 e. The van der Waals surface area contributed by atoms with E-state index in [1.165, 1.54) is 43.4 Å². The number of fused-ring (bicyclic) bond motifs is 5. The molecule has 0 spiro atoms. The zero-order valence-corrected chi connectivity index (χ0v) is 29.9. The number of hydrogen-bond donors (Lipinski definition) is 8. The lowest BCUT2D eigenvalue weighted by Crippen LogP contribution is -2.52. The highest BCUT2D eigenvalue weighted by molar-refractivity contribution is 5.95. The van der Waals surface area contributed by atoms with Gasteiger partial charge in [0.05, 0.1) is 6.54 Å². The summed E-state index contributed by atoms with van der Waals surface area (Å²) in [7, 11) is 1.36. The molecule has 0 aliphatic carbocycles. The molecule has 2 aromatic rings. The molecule has 3 unspecified atom stereocenters. The number of hydrogen-bond acceptors (Lipinski definition) is 9. The topological polar surface area (TPSA) is 240 Å². The predicted octanol–water partition coefficient (Wildman–Crippen LogP) is 1.99. The largest absolute Gasteiger partial charge is 0.507 e. The van der Waals surface area contributed by atoms with E-state index in [-0.39, 0.29) is 59.9 Å². The molecule has 2 aromatic carbocycles. The number of unbranched alkanes of at least 4 members (excludes halogenated alkanes) is 5. The van der Waals surface area contributed by atoms with Crippen LogP contribution >= 0.6 is 0 Å². The van der Waals surface area contributed by atoms with Gasteiger partial charge >= 0.3 is 5.97 Å². The van der Waals surface area contributed by atoms with Gasteiger partial charge in [-0.15, -0.1) is 0 Å². The zero-order valence-electron chi connectivity index (χ0n) is 29.9. The summed E-state index contributed by atoms with van der Waals surface area (Å²) in [6, 6.07) is 4.62. The fraction of sp³-hybridized carbons (Fsp3) is 0.514. The van der Waals surface area contributed by atoms with Gasteiger partial charge in [0.2, 0.25) is 29.5 Å². The number of carboxylic acid groups (broad SMARTS) is 1. The Labute approximate surface area is 303 Å². The normalized spacial score (nSPS) is 16.4. The van der Waals surface area contributed by atoms with Crippen LogP contribution in [0.25, 0.3) is 11.1 Å². The zero-order chi connectivity index (χ0) is 38.2. The summed E-state index contributed by atoms with van der Waals surface area (Å²) in [6.45, 7) is 1.95. The Kier molecular flexibility index (Phi) is 16.4. The predicted molar refractivity (Wildman–Crippen MR) is 193 cm³/mol. The van der Waals surface area contributed by atoms with Crippen molar-refractivity contribution in [2.75, 3.05) is 26.7 Å². The Morgan fingerprint density at radius 2 is 1.62 bits per heavy atom. The van der Waals surface area contributed by atoms with Gasteiger partial charge in [0, 0.05) is 44.0 Å². The van der Waals surface area contributed by atoms with E-state index in [0.29, 0.717) is 31.4 Å². The number of carbonyl (C=O) groups excluding carboxylic acids is 5. The number of nitrogens with zero attached hydrogens (tertiary/aromatic N) is 1. The first-order chi connectivity index (χ1) is 24.9. The Morgan fingerprint density at radius 3 is 2.31 bits per heavy atom. The second-order valence-electron chi connectivity index (χ2n) is 13.0. The maximum Gasteiger partial charge on any atom is 0.326 e. The number of carbonyl (C=O) groups is 6. The standard InChI is InChI=1S/C37H52N6O9/c1-3-4-5-6-7-11-31(46)39-18-16-32(47)41-27(10-8-9-17-38)36(50)43(2)34-24-13-15-30(45)26(21-24)25-19-23(12-14-29(25)44)20-28(37(51)52)42-33(48)22-40-35(34)49/h12-15,19,21,27-28,34,44-45H,3-11,16-18,20,22,38H2,1-2H3,(H,39,46)(H,40,49)(H,41,47)(H,42,48)(H,51,52). The molecule has 3 rings (SSSR count). The first kappa shape index (κ1) is 41.2. The van der Waals surface area contributed by atoms with E-state index in [4.69, 9.17) is 5.73 Å². The molecule has 52 heavy (non-hydrogen) atoms. The number of amides is 5. The maximum atomic E-state index is 14.1. The molecule has 284 valence electrons. The number of rotatable bonds is 17. The fourth-order valence-electron chi connectivity index (χ4n) is 6.04. The summed E-state index contributed by atoms with van der Waals surface area (Å²) in [5.74, 6) is -4.66. The van der Waals surface area contributed by atoms with Crippen molar-refractivity contribution in [3.63, 3.8) is 0 Å². The Bertz CT molecular complexity index is 1580. The van der Waals surface area contributed by atoms with Gasteiger partial charge in [0.25, 0.3) is 0 Å². The second kappa shape index (κ2) is 20.6. The third kappa shape index (κ3) is 12.2. The molecule has 15 heteroatoms. The fourth-order valence-corrected chi connectivity index (χ4v) is 6.04. The maximum absolute atomic E-state index is 14.1. The van der Waals surface area contributed by atoms with E-state index >= 15 is 0 Å². The number of nitrogens with one attached hydrogen (secondary N) is 4. The van der Waals surface area contributed by atoms with Gasteiger partial charge in [-0.05, 0) is 67.6 Å². The molecule has 0 saturated heterocycles. The van der Waals surface area contributed by atoms with Gasteiger partial charge in [-0.1, -0.05) is 44.7 Å². The van der Waals surface area contributed by atoms with Crippen molar-refractivity contribution in [2.24, 2.45) is 5.73 Å². The molecule has 1 aliphatic rings. The van der Waals surface area contributed by atoms with Gasteiger partial charge in [-0.25, -0.2) is 4.79 Å². The average Bonchev–Trinajstić information content (AvgIpc) is 3.10. The molecule has 1 heterocycles. The molecule has 0 fully saturated rings. The van der Waals surface area contributed by atoms with Crippen LogP contribution in [0.3, 0.4) is 0 Å². The molecule has 9 N–H and O–H groups in total. The van der Waals surface area contributed by atoms with E-state index in [9.17, 15) is 44.1 Å². The van der Waals surface area contributed by atoms with Crippen molar-refractivity contribution in [3.8, 4) is 22.6 Å². The molecular weight excluding hydrogens is 672 g/mol. The highest BCUT2D eigenvalue weighted by Gasteiger charge is 2.34. The number of likely N-dealkylation sites (N-methyl/N-ethyl adjacent to an activating group) is 1. The third-order valence-electron chi connectivity index (χ3n) is 8.93. The van der Waals surface area contributed by atoms with E-state index in [1.807, 2.05) is 0 Å². The van der Waals surface area contributed by atoms with Gasteiger partial charge in [-0.3, -0.25) is 24.0 Å². The number of aliphatic carboxylic acids is 1. The van der Waals surface area contributed by atoms with Gasteiger partial charge in [0.1, 0.15) is 29.6 Å². The summed E-state index contributed by atoms with van der Waals surface area (Å²) in [5.41, 5.74) is 6.58. The van der Waals surface area contributed by atoms with Gasteiger partial charge in [0.15, 0.2) is 0 Å². The number of nitrogens with two attached hydrogens (primary N) is 1. The quantitative estimate of drug-likeness (QED) is 0.110. The lowest BCUT2D eigenvalue weighted by molar-refractivity contribution is -0.143. The Hall–Kier alpha value is -5.18. The van der Waals surface area contributed by atoms with Crippen LogP contribution in [0.1, 0.15) is 88.3 Å². The molecule has 15 nitrogen and oxygen atoms in total. The number of aromatic hydroxyl groups is 2. The lowest BCUT2D eigenvalue weighted by atomic mass is 9.94. The van der Waals surface area contributed by atoms with Crippen LogP contribution in [-0.4, -0.2) is 94.5 Å². The number of carboxylic acids is 1. The van der Waals surface area contributed by atoms with Crippen LogP contribution < -0.4 is 27.0 Å². The molecule has 4 bridgehead atoms. The van der Waals surface area contributed by atoms with Crippen molar-refractivity contribution in [1.29, 1.82) is 0 Å². The molecule has 0 saturated carbocycles. The van der Waals surface area contributed by atoms with Crippen LogP contribution in [-0.2, 0) is 35.2 Å². The number of phenols is 2. The molecule has 5 amide bonds. The van der Waals surface area contributed by atoms with Crippen molar-refractivity contribution >= 4 is 35.5 Å². The van der Waals surface area contributed by atoms with Crippen molar-refractivity contribution < 1.29 is 44.1 Å². The van der Waals surface area contributed by atoms with Crippen LogP contribution in [0, 0.1) is 0 Å². The summed E-state index contributed by atoms with van der Waals surface area (Å²) < 4.78 is 0. The third-order valence-corrected chi connectivity index (χ3v) is 8.93. The van der Waals surface area contributed by atoms with Crippen LogP contribution in [0.4, 0.5) is 0 Å². The molecule has 3 atom stereocenters. The van der Waals surface area contributed by atoms with Crippen molar-refractivity contribution in [1.82, 2.24) is 26.2 Å². The summed E-state index contributed by atoms with van der Waals surface area (Å²) in [5, 5.41) is 41.7. The molecule has 1 aliphatic heterocycles. The minimum Gasteiger partial charge on any atom is -0.507 e. The Morgan fingerprint density at radius 1 is 0.923 bits per heavy atom. The first-order valence-corrected chi connectivity index (χ1v) is 17.8. The van der Waals surface area contributed by atoms with E-state index in [0.717, 1.165) is 37.0 Å². The monoisotopic (exact) mass is 724 g/mol. The van der Waals surface area contributed by atoms with Crippen LogP contribution in [0.15, 0.2) is 36.4 Å². The average molecular weight is 725 g/mol. The highest BCUT2D eigenvalue weighted by Crippen LogP contribution is 2.38. The number of benzene rings is 2. The van der Waals surface area contributed by atoms with E-state index in [2.05, 4.69) is 28.2 Å². The van der Waals surface area contributed by atoms with Crippen LogP contribution in [0.2, 0.25) is 0 Å².